The number of fused-ring (bicyclic) bond motifs is 2. The molecular weight excluding hydrogens is 387 g/mol. The standard InChI is InChI=1S/C22H25FN4O3/c1-11-8-24-9-14-17(4-3-15(23)19(11)14)30-18-7-16(20(28)21(18)29)27-6-5-13-12(2)25-10-26-22(13)27/h3-6,10-11,16,18,20-21,24,28-29H,7-9H2,1-2H3. The maximum absolute atomic E-state index is 14.4. The van der Waals surface area contributed by atoms with Crippen LogP contribution in [0.15, 0.2) is 30.7 Å². The molecule has 8 heteroatoms. The zero-order valence-corrected chi connectivity index (χ0v) is 16.9. The number of aryl methyl sites for hydroxylation is 1. The number of halogens is 1. The van der Waals surface area contributed by atoms with Crippen molar-refractivity contribution in [1.29, 1.82) is 0 Å². The molecule has 0 amide bonds. The highest BCUT2D eigenvalue weighted by Crippen LogP contribution is 2.39. The second-order valence-electron chi connectivity index (χ2n) is 8.33. The summed E-state index contributed by atoms with van der Waals surface area (Å²) in [6, 6.07) is 4.57. The van der Waals surface area contributed by atoms with Gasteiger partial charge in [-0.25, -0.2) is 14.4 Å². The number of hydrogen-bond acceptors (Lipinski definition) is 6. The normalized spacial score (nSPS) is 28.6. The fourth-order valence-electron chi connectivity index (χ4n) is 4.85. The van der Waals surface area contributed by atoms with E-state index >= 15 is 0 Å². The maximum Gasteiger partial charge on any atom is 0.143 e. The lowest BCUT2D eigenvalue weighted by Gasteiger charge is -2.28. The van der Waals surface area contributed by atoms with Gasteiger partial charge in [0, 0.05) is 42.2 Å². The maximum atomic E-state index is 14.4. The number of benzene rings is 1. The number of hydrogen-bond donors (Lipinski definition) is 3. The van der Waals surface area contributed by atoms with Crippen molar-refractivity contribution in [3.05, 3.63) is 53.4 Å². The molecule has 3 heterocycles. The molecule has 1 aliphatic heterocycles. The monoisotopic (exact) mass is 412 g/mol. The van der Waals surface area contributed by atoms with Crippen LogP contribution in [0.2, 0.25) is 0 Å². The molecule has 30 heavy (non-hydrogen) atoms. The number of aliphatic hydroxyl groups excluding tert-OH is 2. The van der Waals surface area contributed by atoms with E-state index in [4.69, 9.17) is 4.74 Å². The summed E-state index contributed by atoms with van der Waals surface area (Å²) in [4.78, 5) is 8.57. The van der Waals surface area contributed by atoms with Gasteiger partial charge in [-0.3, -0.25) is 0 Å². The van der Waals surface area contributed by atoms with Crippen LogP contribution in [0.25, 0.3) is 11.0 Å². The molecule has 1 aromatic carbocycles. The van der Waals surface area contributed by atoms with Gasteiger partial charge in [-0.2, -0.15) is 0 Å². The molecular formula is C22H25FN4O3. The van der Waals surface area contributed by atoms with E-state index in [0.717, 1.165) is 22.3 Å². The molecule has 158 valence electrons. The summed E-state index contributed by atoms with van der Waals surface area (Å²) in [5.74, 6) is 0.362. The van der Waals surface area contributed by atoms with E-state index in [0.29, 0.717) is 30.8 Å². The second kappa shape index (κ2) is 7.30. The Hall–Kier alpha value is -2.55. The third-order valence-corrected chi connectivity index (χ3v) is 6.45. The lowest BCUT2D eigenvalue weighted by atomic mass is 9.91. The second-order valence-corrected chi connectivity index (χ2v) is 8.33. The fourth-order valence-corrected chi connectivity index (χ4v) is 4.85. The molecule has 1 aliphatic carbocycles. The first-order valence-electron chi connectivity index (χ1n) is 10.3. The highest BCUT2D eigenvalue weighted by Gasteiger charge is 2.44. The predicted octanol–water partition coefficient (Wildman–Crippen LogP) is 2.20. The Labute approximate surface area is 173 Å². The van der Waals surface area contributed by atoms with Crippen LogP contribution >= 0.6 is 0 Å². The van der Waals surface area contributed by atoms with Crippen LogP contribution in [0.5, 0.6) is 5.75 Å². The topological polar surface area (TPSA) is 92.4 Å². The van der Waals surface area contributed by atoms with Crippen LogP contribution in [0, 0.1) is 12.7 Å². The van der Waals surface area contributed by atoms with Crippen LogP contribution in [0.4, 0.5) is 4.39 Å². The van der Waals surface area contributed by atoms with Gasteiger partial charge in [0.25, 0.3) is 0 Å². The van der Waals surface area contributed by atoms with Gasteiger partial charge in [-0.15, -0.1) is 0 Å². The summed E-state index contributed by atoms with van der Waals surface area (Å²) in [5, 5.41) is 25.7. The average Bonchev–Trinajstić information content (AvgIpc) is 3.27. The van der Waals surface area contributed by atoms with Gasteiger partial charge in [-0.1, -0.05) is 6.92 Å². The number of rotatable bonds is 3. The smallest absolute Gasteiger partial charge is 0.143 e. The highest BCUT2D eigenvalue weighted by molar-refractivity contribution is 5.78. The summed E-state index contributed by atoms with van der Waals surface area (Å²) in [7, 11) is 0. The van der Waals surface area contributed by atoms with Gasteiger partial charge < -0.3 is 24.8 Å². The molecule has 0 spiro atoms. The molecule has 5 rings (SSSR count). The fraction of sp³-hybridized carbons (Fsp3) is 0.455. The van der Waals surface area contributed by atoms with Crippen molar-refractivity contribution in [1.82, 2.24) is 19.9 Å². The molecule has 0 saturated heterocycles. The summed E-state index contributed by atoms with van der Waals surface area (Å²) in [6.45, 7) is 5.11. The first-order valence-corrected chi connectivity index (χ1v) is 10.3. The molecule has 3 aromatic rings. The van der Waals surface area contributed by atoms with Crippen LogP contribution in [0.1, 0.15) is 42.1 Å². The lowest BCUT2D eigenvalue weighted by Crippen LogP contribution is -2.35. The van der Waals surface area contributed by atoms with Crippen molar-refractivity contribution in [3.63, 3.8) is 0 Å². The van der Waals surface area contributed by atoms with Crippen molar-refractivity contribution in [2.75, 3.05) is 6.54 Å². The number of aliphatic hydroxyl groups is 2. The summed E-state index contributed by atoms with van der Waals surface area (Å²) < 4.78 is 22.4. The van der Waals surface area contributed by atoms with Gasteiger partial charge in [0.05, 0.1) is 11.7 Å². The summed E-state index contributed by atoms with van der Waals surface area (Å²) in [5.41, 5.74) is 3.03. The molecule has 3 N–H and O–H groups in total. The third-order valence-electron chi connectivity index (χ3n) is 6.45. The van der Waals surface area contributed by atoms with Gasteiger partial charge >= 0.3 is 0 Å². The van der Waals surface area contributed by atoms with Crippen LogP contribution in [0.3, 0.4) is 0 Å². The molecule has 2 aliphatic rings. The number of nitrogens with one attached hydrogen (secondary N) is 1. The zero-order valence-electron chi connectivity index (χ0n) is 16.9. The van der Waals surface area contributed by atoms with Gasteiger partial charge in [0.1, 0.15) is 41.9 Å². The van der Waals surface area contributed by atoms with Crippen molar-refractivity contribution in [2.45, 2.75) is 57.1 Å². The van der Waals surface area contributed by atoms with Gasteiger partial charge in [-0.05, 0) is 31.0 Å². The van der Waals surface area contributed by atoms with Crippen LogP contribution in [-0.2, 0) is 6.54 Å². The Morgan fingerprint density at radius 1 is 1.20 bits per heavy atom. The van der Waals surface area contributed by atoms with E-state index in [9.17, 15) is 14.6 Å². The third kappa shape index (κ3) is 2.98. The summed E-state index contributed by atoms with van der Waals surface area (Å²) >= 11 is 0. The zero-order chi connectivity index (χ0) is 21.0. The Bertz CT molecular complexity index is 1100. The largest absolute Gasteiger partial charge is 0.487 e. The van der Waals surface area contributed by atoms with Gasteiger partial charge in [0.2, 0.25) is 0 Å². The van der Waals surface area contributed by atoms with E-state index < -0.39 is 18.3 Å². The van der Waals surface area contributed by atoms with Gasteiger partial charge in [0.15, 0.2) is 0 Å². The molecule has 0 radical (unpaired) electrons. The average molecular weight is 412 g/mol. The van der Waals surface area contributed by atoms with Crippen molar-refractivity contribution in [2.24, 2.45) is 0 Å². The molecule has 7 nitrogen and oxygen atoms in total. The first-order chi connectivity index (χ1) is 14.5. The molecule has 1 saturated carbocycles. The highest BCUT2D eigenvalue weighted by atomic mass is 19.1. The predicted molar refractivity (Wildman–Crippen MR) is 109 cm³/mol. The molecule has 5 atom stereocenters. The molecule has 5 unspecified atom stereocenters. The minimum absolute atomic E-state index is 0.0401. The van der Waals surface area contributed by atoms with Crippen LogP contribution < -0.4 is 10.1 Å². The van der Waals surface area contributed by atoms with Crippen molar-refractivity contribution < 1.29 is 19.3 Å². The van der Waals surface area contributed by atoms with E-state index in [1.807, 2.05) is 30.7 Å². The van der Waals surface area contributed by atoms with Crippen LogP contribution in [-0.4, -0.2) is 49.6 Å². The van der Waals surface area contributed by atoms with E-state index in [1.54, 1.807) is 6.07 Å². The molecule has 1 fully saturated rings. The SMILES string of the molecule is Cc1ncnc2c1ccn2C1CC(Oc2ccc(F)c3c2CNCC3C)C(O)C1O. The minimum Gasteiger partial charge on any atom is -0.487 e. The number of nitrogens with zero attached hydrogens (tertiary/aromatic N) is 3. The first kappa shape index (κ1) is 19.4. The lowest BCUT2D eigenvalue weighted by molar-refractivity contribution is -0.0166. The Morgan fingerprint density at radius 3 is 2.87 bits per heavy atom. The Morgan fingerprint density at radius 2 is 2.03 bits per heavy atom. The molecule has 0 bridgehead atoms. The van der Waals surface area contributed by atoms with Crippen molar-refractivity contribution in [3.8, 4) is 5.75 Å². The number of aromatic nitrogens is 3. The Balaban J connectivity index is 1.45. The minimum atomic E-state index is -1.06. The molecule has 2 aromatic heterocycles. The van der Waals surface area contributed by atoms with E-state index in [2.05, 4.69) is 15.3 Å². The van der Waals surface area contributed by atoms with E-state index in [1.165, 1.54) is 12.4 Å². The number of ether oxygens (including phenoxy) is 1. The van der Waals surface area contributed by atoms with E-state index in [-0.39, 0.29) is 17.8 Å². The quantitative estimate of drug-likeness (QED) is 0.611. The van der Waals surface area contributed by atoms with Crippen molar-refractivity contribution >= 4 is 11.0 Å². The Kier molecular flexibility index (Phi) is 4.72. The summed E-state index contributed by atoms with van der Waals surface area (Å²) in [6.07, 6.45) is 1.08.